The van der Waals surface area contributed by atoms with E-state index in [2.05, 4.69) is 0 Å². The highest BCUT2D eigenvalue weighted by Crippen LogP contribution is 2.23. The van der Waals surface area contributed by atoms with Gasteiger partial charge < -0.3 is 15.7 Å². The maximum Gasteiger partial charge on any atom is 0.326 e. The fourth-order valence-electron chi connectivity index (χ4n) is 2.59. The first-order valence-electron chi connectivity index (χ1n) is 6.84. The highest BCUT2D eigenvalue weighted by Gasteiger charge is 2.34. The lowest BCUT2D eigenvalue weighted by atomic mass is 9.92. The van der Waals surface area contributed by atoms with Crippen molar-refractivity contribution in [1.82, 2.24) is 4.90 Å². The molecule has 3 N–H and O–H groups in total. The molecule has 1 fully saturated rings. The molecule has 0 saturated carbocycles. The average molecular weight is 276 g/mol. The predicted molar refractivity (Wildman–Crippen MR) is 76.1 cm³/mol. The van der Waals surface area contributed by atoms with Gasteiger partial charge in [0.25, 0.3) is 0 Å². The quantitative estimate of drug-likeness (QED) is 0.820. The Bertz CT molecular complexity index is 498. The van der Waals surface area contributed by atoms with Gasteiger partial charge in [-0.15, -0.1) is 0 Å². The highest BCUT2D eigenvalue weighted by molar-refractivity contribution is 5.85. The zero-order valence-corrected chi connectivity index (χ0v) is 11.6. The molecule has 2 unspecified atom stereocenters. The third kappa shape index (κ3) is 3.29. The number of nitrogen functional groups attached to an aromatic ring is 1. The molecule has 1 aromatic carbocycles. The molecule has 20 heavy (non-hydrogen) atoms. The summed E-state index contributed by atoms with van der Waals surface area (Å²) in [5, 5.41) is 9.27. The van der Waals surface area contributed by atoms with Gasteiger partial charge in [0, 0.05) is 12.2 Å². The topological polar surface area (TPSA) is 83.6 Å². The average Bonchev–Trinajstić information content (AvgIpc) is 2.41. The summed E-state index contributed by atoms with van der Waals surface area (Å²) in [6.45, 7) is 2.55. The molecule has 1 aliphatic rings. The van der Waals surface area contributed by atoms with Gasteiger partial charge in [-0.05, 0) is 36.5 Å². The van der Waals surface area contributed by atoms with Crippen LogP contribution in [0.2, 0.25) is 0 Å². The Kier molecular flexibility index (Phi) is 4.27. The summed E-state index contributed by atoms with van der Waals surface area (Å²) in [4.78, 5) is 25.1. The molecule has 0 aromatic heterocycles. The first-order valence-corrected chi connectivity index (χ1v) is 6.84. The van der Waals surface area contributed by atoms with Crippen molar-refractivity contribution in [3.05, 3.63) is 29.8 Å². The fraction of sp³-hybridized carbons (Fsp3) is 0.467. The van der Waals surface area contributed by atoms with Gasteiger partial charge >= 0.3 is 5.97 Å². The van der Waals surface area contributed by atoms with Crippen LogP contribution in [0.25, 0.3) is 0 Å². The number of nitrogens with zero attached hydrogens (tertiary/aromatic N) is 1. The van der Waals surface area contributed by atoms with Crippen LogP contribution in [0.15, 0.2) is 24.3 Å². The van der Waals surface area contributed by atoms with E-state index >= 15 is 0 Å². The van der Waals surface area contributed by atoms with Crippen LogP contribution in [-0.2, 0) is 16.0 Å². The number of hydrogen-bond donors (Lipinski definition) is 2. The fourth-order valence-corrected chi connectivity index (χ4v) is 2.59. The van der Waals surface area contributed by atoms with Crippen LogP contribution in [0.4, 0.5) is 5.69 Å². The normalized spacial score (nSPS) is 22.6. The summed E-state index contributed by atoms with van der Waals surface area (Å²) in [5.74, 6) is -0.701. The molecule has 0 bridgehead atoms. The van der Waals surface area contributed by atoms with Crippen LogP contribution in [0.5, 0.6) is 0 Å². The number of rotatable bonds is 3. The lowest BCUT2D eigenvalue weighted by molar-refractivity contribution is -0.152. The SMILES string of the molecule is CC1CCN(C(=O)Cc2ccc(N)cc2)C(C(=O)O)C1. The van der Waals surface area contributed by atoms with Crippen molar-refractivity contribution >= 4 is 17.6 Å². The van der Waals surface area contributed by atoms with Gasteiger partial charge in [-0.2, -0.15) is 0 Å². The van der Waals surface area contributed by atoms with E-state index in [1.54, 1.807) is 24.3 Å². The second-order valence-corrected chi connectivity index (χ2v) is 5.49. The third-order valence-electron chi connectivity index (χ3n) is 3.81. The van der Waals surface area contributed by atoms with E-state index in [9.17, 15) is 14.7 Å². The molecule has 0 spiro atoms. The summed E-state index contributed by atoms with van der Waals surface area (Å²) in [5.41, 5.74) is 7.11. The first kappa shape index (κ1) is 14.4. The van der Waals surface area contributed by atoms with Crippen LogP contribution in [0.1, 0.15) is 25.3 Å². The van der Waals surface area contributed by atoms with E-state index in [4.69, 9.17) is 5.73 Å². The van der Waals surface area contributed by atoms with Gasteiger partial charge in [0.2, 0.25) is 5.91 Å². The number of piperidine rings is 1. The number of carboxylic acid groups (broad SMARTS) is 1. The van der Waals surface area contributed by atoms with E-state index in [1.807, 2.05) is 6.92 Å². The minimum absolute atomic E-state index is 0.130. The predicted octanol–water partition coefficient (Wildman–Crippen LogP) is 1.52. The van der Waals surface area contributed by atoms with Crippen LogP contribution < -0.4 is 5.73 Å². The summed E-state index contributed by atoms with van der Waals surface area (Å²) in [7, 11) is 0. The minimum Gasteiger partial charge on any atom is -0.480 e. The number of carboxylic acids is 1. The molecular weight excluding hydrogens is 256 g/mol. The monoisotopic (exact) mass is 276 g/mol. The Morgan fingerprint density at radius 1 is 1.35 bits per heavy atom. The molecule has 1 amide bonds. The minimum atomic E-state index is -0.915. The number of aliphatic carboxylic acids is 1. The number of nitrogens with two attached hydrogens (primary N) is 1. The second-order valence-electron chi connectivity index (χ2n) is 5.49. The molecule has 1 aliphatic heterocycles. The molecule has 5 heteroatoms. The van der Waals surface area contributed by atoms with Gasteiger partial charge in [0.1, 0.15) is 6.04 Å². The van der Waals surface area contributed by atoms with Gasteiger partial charge in [0.05, 0.1) is 6.42 Å². The van der Waals surface area contributed by atoms with Crippen molar-refractivity contribution in [2.24, 2.45) is 5.92 Å². The van der Waals surface area contributed by atoms with E-state index in [1.165, 1.54) is 4.90 Å². The molecule has 2 atom stereocenters. The number of carbonyl (C=O) groups excluding carboxylic acids is 1. The Hall–Kier alpha value is -2.04. The van der Waals surface area contributed by atoms with E-state index in [0.29, 0.717) is 24.6 Å². The smallest absolute Gasteiger partial charge is 0.326 e. The Labute approximate surface area is 118 Å². The van der Waals surface area contributed by atoms with E-state index in [0.717, 1.165) is 12.0 Å². The van der Waals surface area contributed by atoms with Gasteiger partial charge in [-0.25, -0.2) is 4.79 Å². The Morgan fingerprint density at radius 3 is 2.60 bits per heavy atom. The van der Waals surface area contributed by atoms with Crippen LogP contribution in [0, 0.1) is 5.92 Å². The lowest BCUT2D eigenvalue weighted by Gasteiger charge is -2.36. The largest absolute Gasteiger partial charge is 0.480 e. The van der Waals surface area contributed by atoms with Gasteiger partial charge in [0.15, 0.2) is 0 Å². The summed E-state index contributed by atoms with van der Waals surface area (Å²) >= 11 is 0. The lowest BCUT2D eigenvalue weighted by Crippen LogP contribution is -2.50. The first-order chi connectivity index (χ1) is 9.47. The van der Waals surface area contributed by atoms with Crippen LogP contribution in [-0.4, -0.2) is 34.5 Å². The zero-order valence-electron chi connectivity index (χ0n) is 11.6. The number of amides is 1. The molecule has 1 aromatic rings. The number of likely N-dealkylation sites (tertiary alicyclic amines) is 1. The van der Waals surface area contributed by atoms with Gasteiger partial charge in [-0.3, -0.25) is 4.79 Å². The number of benzene rings is 1. The van der Waals surface area contributed by atoms with Crippen LogP contribution in [0.3, 0.4) is 0 Å². The zero-order chi connectivity index (χ0) is 14.7. The highest BCUT2D eigenvalue weighted by atomic mass is 16.4. The van der Waals surface area contributed by atoms with Crippen molar-refractivity contribution < 1.29 is 14.7 Å². The van der Waals surface area contributed by atoms with Crippen molar-refractivity contribution in [2.45, 2.75) is 32.2 Å². The van der Waals surface area contributed by atoms with E-state index in [-0.39, 0.29) is 12.3 Å². The van der Waals surface area contributed by atoms with Crippen LogP contribution >= 0.6 is 0 Å². The molecular formula is C15H20N2O3. The number of carbonyl (C=O) groups is 2. The summed E-state index contributed by atoms with van der Waals surface area (Å²) < 4.78 is 0. The van der Waals surface area contributed by atoms with Crippen molar-refractivity contribution in [2.75, 3.05) is 12.3 Å². The molecule has 0 radical (unpaired) electrons. The van der Waals surface area contributed by atoms with E-state index < -0.39 is 12.0 Å². The standard InChI is InChI=1S/C15H20N2O3/c1-10-6-7-17(13(8-10)15(19)20)14(18)9-11-2-4-12(16)5-3-11/h2-5,10,13H,6-9,16H2,1H3,(H,19,20). The third-order valence-corrected chi connectivity index (χ3v) is 3.81. The number of anilines is 1. The Balaban J connectivity index is 2.06. The summed E-state index contributed by atoms with van der Waals surface area (Å²) in [6.07, 6.45) is 1.61. The Morgan fingerprint density at radius 2 is 2.00 bits per heavy atom. The maximum absolute atomic E-state index is 12.3. The molecule has 108 valence electrons. The second kappa shape index (κ2) is 5.94. The molecule has 0 aliphatic carbocycles. The molecule has 5 nitrogen and oxygen atoms in total. The molecule has 1 saturated heterocycles. The van der Waals surface area contributed by atoms with Crippen molar-refractivity contribution in [3.63, 3.8) is 0 Å². The number of hydrogen-bond acceptors (Lipinski definition) is 3. The molecule has 1 heterocycles. The maximum atomic E-state index is 12.3. The van der Waals surface area contributed by atoms with Gasteiger partial charge in [-0.1, -0.05) is 19.1 Å². The molecule has 2 rings (SSSR count). The van der Waals surface area contributed by atoms with Crippen molar-refractivity contribution in [1.29, 1.82) is 0 Å². The van der Waals surface area contributed by atoms with Crippen molar-refractivity contribution in [3.8, 4) is 0 Å². The summed E-state index contributed by atoms with van der Waals surface area (Å²) in [6, 6.07) is 6.40.